The summed E-state index contributed by atoms with van der Waals surface area (Å²) in [6.45, 7) is 1.10. The molecule has 3 aromatic rings. The number of pyridine rings is 1. The summed E-state index contributed by atoms with van der Waals surface area (Å²) in [5.41, 5.74) is 5.18. The van der Waals surface area contributed by atoms with E-state index >= 15 is 0 Å². The van der Waals surface area contributed by atoms with Gasteiger partial charge in [-0.15, -0.1) is 0 Å². The van der Waals surface area contributed by atoms with Gasteiger partial charge in [-0.1, -0.05) is 18.2 Å². The minimum Gasteiger partial charge on any atom is -0.474 e. The van der Waals surface area contributed by atoms with Gasteiger partial charge in [-0.3, -0.25) is 4.79 Å². The van der Waals surface area contributed by atoms with Crippen LogP contribution in [0.2, 0.25) is 0 Å². The first-order valence-corrected chi connectivity index (χ1v) is 15.4. The van der Waals surface area contributed by atoms with Gasteiger partial charge in [0.15, 0.2) is 15.9 Å². The van der Waals surface area contributed by atoms with E-state index in [1.54, 1.807) is 6.07 Å². The van der Waals surface area contributed by atoms with Crippen molar-refractivity contribution < 1.29 is 27.5 Å². The maximum absolute atomic E-state index is 13.2. The van der Waals surface area contributed by atoms with Gasteiger partial charge in [-0.2, -0.15) is 0 Å². The molecule has 208 valence electrons. The smallest absolute Gasteiger partial charge is 0.333 e. The van der Waals surface area contributed by atoms with Gasteiger partial charge in [0.1, 0.15) is 18.0 Å². The van der Waals surface area contributed by atoms with Crippen molar-refractivity contribution in [3.8, 4) is 5.88 Å². The lowest BCUT2D eigenvalue weighted by Gasteiger charge is -2.31. The Balaban J connectivity index is 1.25. The van der Waals surface area contributed by atoms with Gasteiger partial charge in [0.25, 0.3) is 5.91 Å². The Morgan fingerprint density at radius 3 is 2.23 bits per heavy atom. The van der Waals surface area contributed by atoms with Crippen LogP contribution in [0.1, 0.15) is 70.7 Å². The molecule has 2 aliphatic carbocycles. The number of aromatic nitrogens is 1. The zero-order valence-corrected chi connectivity index (χ0v) is 23.2. The second kappa shape index (κ2) is 10.2. The lowest BCUT2D eigenvalue weighted by atomic mass is 10.0. The molecule has 10 heteroatoms. The lowest BCUT2D eigenvalue weighted by Crippen LogP contribution is -2.35. The summed E-state index contributed by atoms with van der Waals surface area (Å²) in [4.78, 5) is 32.6. The second-order valence-electron chi connectivity index (χ2n) is 10.7. The Morgan fingerprint density at radius 1 is 1.00 bits per heavy atom. The van der Waals surface area contributed by atoms with Crippen LogP contribution in [0.25, 0.3) is 0 Å². The number of amides is 1. The monoisotopic (exact) mass is 561 g/mol. The van der Waals surface area contributed by atoms with Gasteiger partial charge in [-0.25, -0.2) is 18.2 Å². The summed E-state index contributed by atoms with van der Waals surface area (Å²) in [6, 6.07) is 14.9. The summed E-state index contributed by atoms with van der Waals surface area (Å²) in [7, 11) is -2.19. The average molecular weight is 562 g/mol. The summed E-state index contributed by atoms with van der Waals surface area (Å²) < 4.78 is 34.4. The number of sulfone groups is 1. The minimum absolute atomic E-state index is 0.0904. The topological polar surface area (TPSA) is 115 Å². The Morgan fingerprint density at radius 2 is 1.65 bits per heavy atom. The normalized spacial score (nSPS) is 17.4. The van der Waals surface area contributed by atoms with E-state index in [0.717, 1.165) is 17.6 Å². The first kappa shape index (κ1) is 26.3. The highest BCUT2D eigenvalue weighted by molar-refractivity contribution is 7.90. The SMILES string of the molecule is COC(=O)C(NC(=O)c1ccc2c(n1)OCCN2c1cc(C2CC2)cc(C2CC2)c1)c1ccc(S(C)(=O)=O)cc1. The standard InChI is InChI=1S/C30H31N3O6S/c1-38-30(35)27(20-7-9-24(10-8-20)40(2,36)37)32-28(34)25-11-12-26-29(31-25)39-14-13-33(26)23-16-21(18-3-4-18)15-22(17-23)19-5-6-19/h7-12,15-19,27H,3-6,13-14H2,1-2H3,(H,32,34). The molecule has 0 radical (unpaired) electrons. The van der Waals surface area contributed by atoms with Crippen LogP contribution in [0.3, 0.4) is 0 Å². The first-order chi connectivity index (χ1) is 19.2. The fourth-order valence-electron chi connectivity index (χ4n) is 5.12. The quantitative estimate of drug-likeness (QED) is 0.402. The van der Waals surface area contributed by atoms with Crippen LogP contribution in [0.15, 0.2) is 59.5 Å². The first-order valence-electron chi connectivity index (χ1n) is 13.5. The fraction of sp³-hybridized carbons (Fsp3) is 0.367. The van der Waals surface area contributed by atoms with Crippen LogP contribution in [0, 0.1) is 0 Å². The molecule has 0 saturated heterocycles. The molecule has 1 aliphatic heterocycles. The third kappa shape index (κ3) is 5.40. The number of rotatable bonds is 8. The van der Waals surface area contributed by atoms with Gasteiger partial charge in [0, 0.05) is 11.9 Å². The highest BCUT2D eigenvalue weighted by Gasteiger charge is 2.31. The minimum atomic E-state index is -3.41. The van der Waals surface area contributed by atoms with Crippen LogP contribution in [0.5, 0.6) is 5.88 Å². The average Bonchev–Trinajstić information content (AvgIpc) is 3.87. The zero-order chi connectivity index (χ0) is 28.0. The molecule has 1 unspecified atom stereocenters. The van der Waals surface area contributed by atoms with Crippen LogP contribution in [-0.4, -0.2) is 51.8 Å². The van der Waals surface area contributed by atoms with Crippen LogP contribution in [-0.2, 0) is 19.4 Å². The van der Waals surface area contributed by atoms with Crippen LogP contribution in [0.4, 0.5) is 11.4 Å². The molecule has 1 atom stereocenters. The highest BCUT2D eigenvalue weighted by atomic mass is 32.2. The summed E-state index contributed by atoms with van der Waals surface area (Å²) >= 11 is 0. The number of ether oxygens (including phenoxy) is 2. The third-order valence-corrected chi connectivity index (χ3v) is 8.77. The van der Waals surface area contributed by atoms with Crippen molar-refractivity contribution in [2.45, 2.75) is 48.5 Å². The number of carbonyl (C=O) groups excluding carboxylic acids is 2. The van der Waals surface area contributed by atoms with E-state index in [0.29, 0.717) is 36.4 Å². The van der Waals surface area contributed by atoms with E-state index in [2.05, 4.69) is 33.4 Å². The zero-order valence-electron chi connectivity index (χ0n) is 22.4. The van der Waals surface area contributed by atoms with E-state index in [4.69, 9.17) is 9.47 Å². The molecule has 2 aromatic carbocycles. The molecule has 40 heavy (non-hydrogen) atoms. The maximum atomic E-state index is 13.2. The van der Waals surface area contributed by atoms with Gasteiger partial charge in [0.2, 0.25) is 5.88 Å². The van der Waals surface area contributed by atoms with Crippen molar-refractivity contribution in [2.24, 2.45) is 0 Å². The van der Waals surface area contributed by atoms with Crippen molar-refractivity contribution in [2.75, 3.05) is 31.4 Å². The predicted octanol–water partition coefficient (Wildman–Crippen LogP) is 4.41. The molecular weight excluding hydrogens is 530 g/mol. The van der Waals surface area contributed by atoms with Crippen molar-refractivity contribution in [1.82, 2.24) is 10.3 Å². The summed E-state index contributed by atoms with van der Waals surface area (Å²) in [6.07, 6.45) is 6.05. The third-order valence-electron chi connectivity index (χ3n) is 7.64. The number of nitrogens with one attached hydrogen (secondary N) is 1. The van der Waals surface area contributed by atoms with Crippen molar-refractivity contribution >= 4 is 33.1 Å². The van der Waals surface area contributed by atoms with Gasteiger partial charge in [0.05, 0.1) is 18.6 Å². The Bertz CT molecular complexity index is 1550. The maximum Gasteiger partial charge on any atom is 0.333 e. The van der Waals surface area contributed by atoms with Gasteiger partial charge < -0.3 is 19.7 Å². The van der Waals surface area contributed by atoms with Crippen LogP contribution >= 0.6 is 0 Å². The number of methoxy groups -OCH3 is 1. The number of benzene rings is 2. The molecule has 2 saturated carbocycles. The second-order valence-corrected chi connectivity index (χ2v) is 12.7. The molecule has 1 N–H and O–H groups in total. The van der Waals surface area contributed by atoms with E-state index in [1.165, 1.54) is 68.2 Å². The molecule has 3 aliphatic rings. The Labute approximate surface area is 233 Å². The van der Waals surface area contributed by atoms with Gasteiger partial charge in [-0.05, 0) is 90.6 Å². The lowest BCUT2D eigenvalue weighted by molar-refractivity contribution is -0.143. The molecule has 0 spiro atoms. The van der Waals surface area contributed by atoms with E-state index in [-0.39, 0.29) is 10.6 Å². The van der Waals surface area contributed by atoms with E-state index in [9.17, 15) is 18.0 Å². The number of fused-ring (bicyclic) bond motifs is 1. The van der Waals surface area contributed by atoms with E-state index in [1.807, 2.05) is 6.07 Å². The molecule has 9 nitrogen and oxygen atoms in total. The number of hydrogen-bond donors (Lipinski definition) is 1. The number of nitrogens with zero attached hydrogens (tertiary/aromatic N) is 2. The van der Waals surface area contributed by atoms with E-state index < -0.39 is 27.8 Å². The summed E-state index contributed by atoms with van der Waals surface area (Å²) in [5, 5.41) is 2.67. The number of carbonyl (C=O) groups is 2. The molecule has 1 aromatic heterocycles. The van der Waals surface area contributed by atoms with Crippen LogP contribution < -0.4 is 15.0 Å². The van der Waals surface area contributed by atoms with Crippen molar-refractivity contribution in [3.63, 3.8) is 0 Å². The Kier molecular flexibility index (Phi) is 6.74. The Hall–Kier alpha value is -3.92. The largest absolute Gasteiger partial charge is 0.474 e. The number of esters is 1. The molecule has 6 rings (SSSR count). The summed E-state index contributed by atoms with van der Waals surface area (Å²) in [5.74, 6) is 0.372. The molecule has 2 heterocycles. The molecule has 0 bridgehead atoms. The molecule has 2 fully saturated rings. The van der Waals surface area contributed by atoms with Crippen molar-refractivity contribution in [1.29, 1.82) is 0 Å². The fourth-order valence-corrected chi connectivity index (χ4v) is 5.75. The number of hydrogen-bond acceptors (Lipinski definition) is 8. The highest BCUT2D eigenvalue weighted by Crippen LogP contribution is 2.47. The molecular formula is C30H31N3O6S. The van der Waals surface area contributed by atoms with Gasteiger partial charge >= 0.3 is 5.97 Å². The van der Waals surface area contributed by atoms with Crippen molar-refractivity contribution in [3.05, 3.63) is 77.0 Å². The molecule has 1 amide bonds. The number of anilines is 2. The predicted molar refractivity (Wildman–Crippen MR) is 149 cm³/mol.